The van der Waals surface area contributed by atoms with E-state index < -0.39 is 11.8 Å². The number of aromatic carboxylic acids is 1. The highest BCUT2D eigenvalue weighted by molar-refractivity contribution is 6.30. The molecule has 0 unspecified atom stereocenters. The molecule has 0 aliphatic rings. The van der Waals surface area contributed by atoms with Gasteiger partial charge in [-0.15, -0.1) is 0 Å². The van der Waals surface area contributed by atoms with E-state index >= 15 is 0 Å². The third kappa shape index (κ3) is 3.79. The molecule has 0 aliphatic heterocycles. The van der Waals surface area contributed by atoms with E-state index in [4.69, 9.17) is 21.4 Å². The Labute approximate surface area is 120 Å². The molecule has 0 radical (unpaired) electrons. The number of ether oxygens (including phenoxy) is 1. The summed E-state index contributed by atoms with van der Waals surface area (Å²) >= 11 is 5.77. The van der Waals surface area contributed by atoms with Crippen molar-refractivity contribution in [3.05, 3.63) is 70.0 Å². The minimum absolute atomic E-state index is 0.208. The molecule has 5 heteroatoms. The van der Waals surface area contributed by atoms with Crippen LogP contribution in [-0.2, 0) is 18.0 Å². The van der Waals surface area contributed by atoms with Crippen molar-refractivity contribution >= 4 is 17.6 Å². The van der Waals surface area contributed by atoms with E-state index in [0.717, 1.165) is 5.56 Å². The van der Waals surface area contributed by atoms with Crippen LogP contribution in [0.25, 0.3) is 0 Å². The van der Waals surface area contributed by atoms with Crippen molar-refractivity contribution in [2.24, 2.45) is 0 Å². The molecule has 2 aromatic carbocycles. The molecule has 0 saturated carbocycles. The third-order valence-electron chi connectivity index (χ3n) is 2.71. The summed E-state index contributed by atoms with van der Waals surface area (Å²) in [6.45, 7) is 0.582. The highest BCUT2D eigenvalue weighted by Crippen LogP contribution is 2.14. The van der Waals surface area contributed by atoms with Gasteiger partial charge in [0, 0.05) is 5.02 Å². The van der Waals surface area contributed by atoms with Crippen LogP contribution in [0.4, 0.5) is 4.39 Å². The Hall–Kier alpha value is -1.91. The van der Waals surface area contributed by atoms with Gasteiger partial charge in [-0.3, -0.25) is 0 Å². The Balaban J connectivity index is 1.92. The van der Waals surface area contributed by atoms with Crippen molar-refractivity contribution in [1.82, 2.24) is 0 Å². The standard InChI is InChI=1S/C15H12ClFO3/c16-12-4-1-10(2-5-12)8-20-9-11-3-6-13(15(18)19)14(17)7-11/h1-7H,8-9H2,(H,18,19). The number of carboxylic acid groups (broad SMARTS) is 1. The average Bonchev–Trinajstić information content (AvgIpc) is 2.41. The smallest absolute Gasteiger partial charge is 0.338 e. The highest BCUT2D eigenvalue weighted by atomic mass is 35.5. The first-order valence-corrected chi connectivity index (χ1v) is 6.28. The number of benzene rings is 2. The monoisotopic (exact) mass is 294 g/mol. The zero-order valence-corrected chi connectivity index (χ0v) is 11.2. The summed E-state index contributed by atoms with van der Waals surface area (Å²) < 4.78 is 18.9. The summed E-state index contributed by atoms with van der Waals surface area (Å²) in [5, 5.41) is 9.37. The molecule has 1 N–H and O–H groups in total. The van der Waals surface area contributed by atoms with Gasteiger partial charge >= 0.3 is 5.97 Å². The highest BCUT2D eigenvalue weighted by Gasteiger charge is 2.10. The van der Waals surface area contributed by atoms with Crippen molar-refractivity contribution in [3.63, 3.8) is 0 Å². The zero-order chi connectivity index (χ0) is 14.5. The van der Waals surface area contributed by atoms with Crippen LogP contribution in [0.2, 0.25) is 5.02 Å². The predicted molar refractivity (Wildman–Crippen MR) is 73.3 cm³/mol. The van der Waals surface area contributed by atoms with E-state index in [9.17, 15) is 9.18 Å². The summed E-state index contributed by atoms with van der Waals surface area (Å²) in [6, 6.07) is 11.2. The Morgan fingerprint density at radius 1 is 1.10 bits per heavy atom. The van der Waals surface area contributed by atoms with Crippen LogP contribution < -0.4 is 0 Å². The second-order valence-corrected chi connectivity index (χ2v) is 4.68. The molecule has 0 spiro atoms. The fourth-order valence-electron chi connectivity index (χ4n) is 1.69. The molecule has 2 aromatic rings. The van der Waals surface area contributed by atoms with Crippen LogP contribution in [0.1, 0.15) is 21.5 Å². The Morgan fingerprint density at radius 2 is 1.70 bits per heavy atom. The lowest BCUT2D eigenvalue weighted by Gasteiger charge is -2.06. The van der Waals surface area contributed by atoms with Crippen LogP contribution in [-0.4, -0.2) is 11.1 Å². The lowest BCUT2D eigenvalue weighted by Crippen LogP contribution is -2.02. The summed E-state index contributed by atoms with van der Waals surface area (Å²) in [6.07, 6.45) is 0. The third-order valence-corrected chi connectivity index (χ3v) is 2.97. The Kier molecular flexibility index (Phi) is 4.71. The van der Waals surface area contributed by atoms with Gasteiger partial charge in [0.15, 0.2) is 0 Å². The summed E-state index contributed by atoms with van der Waals surface area (Å²) in [7, 11) is 0. The van der Waals surface area contributed by atoms with Crippen molar-refractivity contribution in [2.75, 3.05) is 0 Å². The van der Waals surface area contributed by atoms with Gasteiger partial charge in [-0.05, 0) is 35.4 Å². The summed E-state index contributed by atoms with van der Waals surface area (Å²) in [5.74, 6) is -2.04. The zero-order valence-electron chi connectivity index (χ0n) is 10.5. The second-order valence-electron chi connectivity index (χ2n) is 4.24. The number of carboxylic acids is 1. The van der Waals surface area contributed by atoms with Crippen molar-refractivity contribution < 1.29 is 19.0 Å². The molecule has 0 aliphatic carbocycles. The molecule has 0 atom stereocenters. The van der Waals surface area contributed by atoms with Crippen molar-refractivity contribution in [2.45, 2.75) is 13.2 Å². The largest absolute Gasteiger partial charge is 0.478 e. The van der Waals surface area contributed by atoms with Gasteiger partial charge in [-0.25, -0.2) is 9.18 Å². The first-order chi connectivity index (χ1) is 9.56. The molecule has 3 nitrogen and oxygen atoms in total. The minimum atomic E-state index is -1.28. The van der Waals surface area contributed by atoms with Gasteiger partial charge in [-0.1, -0.05) is 29.8 Å². The fraction of sp³-hybridized carbons (Fsp3) is 0.133. The number of hydrogen-bond donors (Lipinski definition) is 1. The second kappa shape index (κ2) is 6.50. The van der Waals surface area contributed by atoms with E-state index in [2.05, 4.69) is 0 Å². The molecule has 104 valence electrons. The van der Waals surface area contributed by atoms with Crippen molar-refractivity contribution in [1.29, 1.82) is 0 Å². The number of carbonyl (C=O) groups is 1. The quantitative estimate of drug-likeness (QED) is 0.910. The van der Waals surface area contributed by atoms with Crippen LogP contribution >= 0.6 is 11.6 Å². The first kappa shape index (κ1) is 14.5. The fourth-order valence-corrected chi connectivity index (χ4v) is 1.82. The minimum Gasteiger partial charge on any atom is -0.478 e. The van der Waals surface area contributed by atoms with Gasteiger partial charge in [0.05, 0.1) is 18.8 Å². The predicted octanol–water partition coefficient (Wildman–Crippen LogP) is 3.89. The first-order valence-electron chi connectivity index (χ1n) is 5.90. The maximum atomic E-state index is 13.4. The van der Waals surface area contributed by atoms with E-state index in [1.807, 2.05) is 12.1 Å². The molecule has 0 aromatic heterocycles. The van der Waals surface area contributed by atoms with Crippen LogP contribution in [0.15, 0.2) is 42.5 Å². The summed E-state index contributed by atoms with van der Waals surface area (Å²) in [4.78, 5) is 10.7. The molecular weight excluding hydrogens is 283 g/mol. The Bertz CT molecular complexity index is 611. The maximum Gasteiger partial charge on any atom is 0.338 e. The molecule has 0 amide bonds. The average molecular weight is 295 g/mol. The van der Waals surface area contributed by atoms with Gasteiger partial charge in [0.2, 0.25) is 0 Å². The molecule has 0 saturated heterocycles. The molecular formula is C15H12ClFO3. The maximum absolute atomic E-state index is 13.4. The SMILES string of the molecule is O=C(O)c1ccc(COCc2ccc(Cl)cc2)cc1F. The number of rotatable bonds is 5. The van der Waals surface area contributed by atoms with Crippen molar-refractivity contribution in [3.8, 4) is 0 Å². The summed E-state index contributed by atoms with van der Waals surface area (Å²) in [5.41, 5.74) is 1.20. The van der Waals surface area contributed by atoms with E-state index in [-0.39, 0.29) is 12.2 Å². The van der Waals surface area contributed by atoms with Crippen LogP contribution in [0, 0.1) is 5.82 Å². The molecule has 0 bridgehead atoms. The number of hydrogen-bond acceptors (Lipinski definition) is 2. The topological polar surface area (TPSA) is 46.5 Å². The van der Waals surface area contributed by atoms with Gasteiger partial charge in [0.25, 0.3) is 0 Å². The Morgan fingerprint density at radius 3 is 2.30 bits per heavy atom. The van der Waals surface area contributed by atoms with Gasteiger partial charge < -0.3 is 9.84 Å². The molecule has 0 heterocycles. The van der Waals surface area contributed by atoms with Gasteiger partial charge in [0.1, 0.15) is 5.82 Å². The lowest BCUT2D eigenvalue weighted by atomic mass is 10.1. The van der Waals surface area contributed by atoms with Gasteiger partial charge in [-0.2, -0.15) is 0 Å². The van der Waals surface area contributed by atoms with E-state index in [1.165, 1.54) is 18.2 Å². The van der Waals surface area contributed by atoms with Crippen LogP contribution in [0.3, 0.4) is 0 Å². The van der Waals surface area contributed by atoms with E-state index in [0.29, 0.717) is 17.2 Å². The molecule has 20 heavy (non-hydrogen) atoms. The molecule has 2 rings (SSSR count). The normalized spacial score (nSPS) is 10.5. The molecule has 0 fully saturated rings. The lowest BCUT2D eigenvalue weighted by molar-refractivity contribution is 0.0691. The number of halogens is 2. The van der Waals surface area contributed by atoms with Crippen LogP contribution in [0.5, 0.6) is 0 Å². The van der Waals surface area contributed by atoms with E-state index in [1.54, 1.807) is 12.1 Å².